The minimum atomic E-state index is 0.653. The first-order valence-corrected chi connectivity index (χ1v) is 6.05. The van der Waals surface area contributed by atoms with Crippen LogP contribution in [0.1, 0.15) is 40.0 Å². The fourth-order valence-electron chi connectivity index (χ4n) is 1.78. The Morgan fingerprint density at radius 3 is 2.57 bits per heavy atom. The summed E-state index contributed by atoms with van der Waals surface area (Å²) in [6.45, 7) is 9.41. The van der Waals surface area contributed by atoms with E-state index < -0.39 is 0 Å². The Morgan fingerprint density at radius 2 is 2.07 bits per heavy atom. The van der Waals surface area contributed by atoms with Crippen LogP contribution in [0.3, 0.4) is 0 Å². The first-order chi connectivity index (χ1) is 6.74. The zero-order chi connectivity index (χ0) is 10.4. The van der Waals surface area contributed by atoms with E-state index in [2.05, 4.69) is 26.1 Å². The molecule has 0 aliphatic heterocycles. The molecule has 1 aliphatic rings. The lowest BCUT2D eigenvalue weighted by atomic mass is 10.1. The predicted molar refractivity (Wildman–Crippen MR) is 60.5 cm³/mol. The van der Waals surface area contributed by atoms with Gasteiger partial charge in [0.15, 0.2) is 0 Å². The Bertz CT molecular complexity index is 143. The molecular formula is C12H25NO. The lowest BCUT2D eigenvalue weighted by Gasteiger charge is -2.16. The summed E-state index contributed by atoms with van der Waals surface area (Å²) < 4.78 is 5.53. The molecule has 1 N–H and O–H groups in total. The van der Waals surface area contributed by atoms with Crippen molar-refractivity contribution in [2.75, 3.05) is 19.8 Å². The van der Waals surface area contributed by atoms with E-state index in [1.54, 1.807) is 0 Å². The van der Waals surface area contributed by atoms with E-state index >= 15 is 0 Å². The van der Waals surface area contributed by atoms with Gasteiger partial charge in [-0.25, -0.2) is 0 Å². The van der Waals surface area contributed by atoms with Crippen molar-refractivity contribution >= 4 is 0 Å². The summed E-state index contributed by atoms with van der Waals surface area (Å²) in [4.78, 5) is 0. The van der Waals surface area contributed by atoms with Gasteiger partial charge in [0, 0.05) is 19.2 Å². The Hall–Kier alpha value is -0.0800. The fraction of sp³-hybridized carbons (Fsp3) is 1.00. The van der Waals surface area contributed by atoms with Gasteiger partial charge in [0.05, 0.1) is 6.61 Å². The molecule has 1 fully saturated rings. The molecule has 0 aromatic rings. The lowest BCUT2D eigenvalue weighted by Crippen LogP contribution is -2.33. The van der Waals surface area contributed by atoms with E-state index in [0.717, 1.165) is 31.7 Å². The summed E-state index contributed by atoms with van der Waals surface area (Å²) >= 11 is 0. The second-order valence-electron chi connectivity index (χ2n) is 4.78. The molecule has 0 amide bonds. The molecule has 1 unspecified atom stereocenters. The second kappa shape index (κ2) is 6.41. The van der Waals surface area contributed by atoms with Crippen molar-refractivity contribution in [3.63, 3.8) is 0 Å². The van der Waals surface area contributed by atoms with Gasteiger partial charge in [-0.3, -0.25) is 0 Å². The largest absolute Gasteiger partial charge is 0.380 e. The van der Waals surface area contributed by atoms with Crippen LogP contribution in [0.2, 0.25) is 0 Å². The molecule has 0 radical (unpaired) electrons. The number of hydrogen-bond donors (Lipinski definition) is 1. The van der Waals surface area contributed by atoms with Crippen molar-refractivity contribution in [2.45, 2.75) is 46.1 Å². The highest BCUT2D eigenvalue weighted by Gasteiger charge is 2.29. The number of rotatable bonds is 8. The van der Waals surface area contributed by atoms with Crippen molar-refractivity contribution in [3.05, 3.63) is 0 Å². The Kier molecular flexibility index (Phi) is 5.49. The topological polar surface area (TPSA) is 21.3 Å². The van der Waals surface area contributed by atoms with Crippen LogP contribution in [0.5, 0.6) is 0 Å². The van der Waals surface area contributed by atoms with Crippen molar-refractivity contribution in [3.8, 4) is 0 Å². The van der Waals surface area contributed by atoms with Crippen LogP contribution in [-0.4, -0.2) is 25.8 Å². The minimum Gasteiger partial charge on any atom is -0.380 e. The first kappa shape index (κ1) is 12.0. The highest BCUT2D eigenvalue weighted by Crippen LogP contribution is 2.33. The van der Waals surface area contributed by atoms with E-state index in [1.807, 2.05) is 0 Å². The smallest absolute Gasteiger partial charge is 0.0591 e. The normalized spacial score (nSPS) is 18.9. The van der Waals surface area contributed by atoms with Crippen molar-refractivity contribution < 1.29 is 4.74 Å². The number of ether oxygens (including phenoxy) is 1. The molecule has 1 atom stereocenters. The van der Waals surface area contributed by atoms with Crippen LogP contribution in [0.15, 0.2) is 0 Å². The molecule has 14 heavy (non-hydrogen) atoms. The molecular weight excluding hydrogens is 174 g/mol. The Balaban J connectivity index is 1.91. The molecule has 0 saturated heterocycles. The zero-order valence-electron chi connectivity index (χ0n) is 9.88. The van der Waals surface area contributed by atoms with Crippen LogP contribution in [0.4, 0.5) is 0 Å². The third-order valence-corrected chi connectivity index (χ3v) is 2.73. The third-order valence-electron chi connectivity index (χ3n) is 2.73. The Labute approximate surface area is 88.4 Å². The number of nitrogens with one attached hydrogen (secondary N) is 1. The molecule has 0 aromatic heterocycles. The molecule has 0 spiro atoms. The molecule has 1 saturated carbocycles. The fourth-order valence-corrected chi connectivity index (χ4v) is 1.78. The van der Waals surface area contributed by atoms with Gasteiger partial charge < -0.3 is 10.1 Å². The van der Waals surface area contributed by atoms with Gasteiger partial charge in [-0.1, -0.05) is 20.8 Å². The average molecular weight is 199 g/mol. The summed E-state index contributed by atoms with van der Waals surface area (Å²) in [5, 5.41) is 3.58. The molecule has 2 heteroatoms. The van der Waals surface area contributed by atoms with Gasteiger partial charge in [-0.15, -0.1) is 0 Å². The summed E-state index contributed by atoms with van der Waals surface area (Å²) in [5.74, 6) is 1.62. The molecule has 2 nitrogen and oxygen atoms in total. The second-order valence-corrected chi connectivity index (χ2v) is 4.78. The maximum absolute atomic E-state index is 5.53. The van der Waals surface area contributed by atoms with Crippen molar-refractivity contribution in [1.29, 1.82) is 0 Å². The summed E-state index contributed by atoms with van der Waals surface area (Å²) in [6, 6.07) is 0.748. The lowest BCUT2D eigenvalue weighted by molar-refractivity contribution is 0.109. The third kappa shape index (κ3) is 4.97. The average Bonchev–Trinajstić information content (AvgIpc) is 2.94. The maximum Gasteiger partial charge on any atom is 0.0591 e. The van der Waals surface area contributed by atoms with Crippen LogP contribution < -0.4 is 5.32 Å². The first-order valence-electron chi connectivity index (χ1n) is 6.05. The molecule has 1 rings (SSSR count). The van der Waals surface area contributed by atoms with E-state index in [9.17, 15) is 0 Å². The SMILES string of the molecule is CCC(NCCOCC(C)C)C1CC1. The summed E-state index contributed by atoms with van der Waals surface area (Å²) in [5.41, 5.74) is 0. The van der Waals surface area contributed by atoms with E-state index in [1.165, 1.54) is 19.3 Å². The van der Waals surface area contributed by atoms with Gasteiger partial charge in [0.1, 0.15) is 0 Å². The van der Waals surface area contributed by atoms with Crippen LogP contribution >= 0.6 is 0 Å². The minimum absolute atomic E-state index is 0.653. The highest BCUT2D eigenvalue weighted by molar-refractivity contribution is 4.85. The molecule has 0 heterocycles. The molecule has 84 valence electrons. The van der Waals surface area contributed by atoms with E-state index in [4.69, 9.17) is 4.74 Å². The van der Waals surface area contributed by atoms with Crippen LogP contribution in [0, 0.1) is 11.8 Å². The summed E-state index contributed by atoms with van der Waals surface area (Å²) in [6.07, 6.45) is 4.12. The van der Waals surface area contributed by atoms with Crippen molar-refractivity contribution in [2.24, 2.45) is 11.8 Å². The molecule has 1 aliphatic carbocycles. The van der Waals surface area contributed by atoms with Crippen LogP contribution in [-0.2, 0) is 4.74 Å². The van der Waals surface area contributed by atoms with Crippen LogP contribution in [0.25, 0.3) is 0 Å². The van der Waals surface area contributed by atoms with E-state index in [-0.39, 0.29) is 0 Å². The Morgan fingerprint density at radius 1 is 1.36 bits per heavy atom. The van der Waals surface area contributed by atoms with Gasteiger partial charge in [-0.05, 0) is 31.1 Å². The van der Waals surface area contributed by atoms with Gasteiger partial charge >= 0.3 is 0 Å². The standard InChI is InChI=1S/C12H25NO/c1-4-12(11-5-6-11)13-7-8-14-9-10(2)3/h10-13H,4-9H2,1-3H3. The van der Waals surface area contributed by atoms with Gasteiger partial charge in [0.25, 0.3) is 0 Å². The summed E-state index contributed by atoms with van der Waals surface area (Å²) in [7, 11) is 0. The zero-order valence-corrected chi connectivity index (χ0v) is 9.88. The quantitative estimate of drug-likeness (QED) is 0.606. The van der Waals surface area contributed by atoms with E-state index in [0.29, 0.717) is 5.92 Å². The van der Waals surface area contributed by atoms with Crippen molar-refractivity contribution in [1.82, 2.24) is 5.32 Å². The molecule has 0 aromatic carbocycles. The van der Waals surface area contributed by atoms with Gasteiger partial charge in [0.2, 0.25) is 0 Å². The predicted octanol–water partition coefficient (Wildman–Crippen LogP) is 2.44. The number of hydrogen-bond acceptors (Lipinski definition) is 2. The maximum atomic E-state index is 5.53. The monoisotopic (exact) mass is 199 g/mol. The molecule has 0 bridgehead atoms. The highest BCUT2D eigenvalue weighted by atomic mass is 16.5. The van der Waals surface area contributed by atoms with Gasteiger partial charge in [-0.2, -0.15) is 0 Å².